The minimum Gasteiger partial charge on any atom is -0.480 e. The van der Waals surface area contributed by atoms with Crippen LogP contribution in [0.15, 0.2) is 29.4 Å². The fourth-order valence-electron chi connectivity index (χ4n) is 1.68. The minimum atomic E-state index is 0.396. The minimum absolute atomic E-state index is 0.396. The third-order valence-electron chi connectivity index (χ3n) is 2.68. The number of methoxy groups -OCH3 is 1. The highest BCUT2D eigenvalue weighted by atomic mass is 35.5. The first-order chi connectivity index (χ1) is 9.52. The SMILES string of the molecule is C=C(C)C=Nc1n[nH]c(-c2cnc(OC)c(Cl)c2)c1C. The lowest BCUT2D eigenvalue weighted by atomic mass is 10.1. The predicted molar refractivity (Wildman–Crippen MR) is 81.1 cm³/mol. The highest BCUT2D eigenvalue weighted by Gasteiger charge is 2.12. The van der Waals surface area contributed by atoms with Crippen LogP contribution in [0.3, 0.4) is 0 Å². The van der Waals surface area contributed by atoms with Gasteiger partial charge in [-0.05, 0) is 25.5 Å². The van der Waals surface area contributed by atoms with Crippen LogP contribution in [-0.4, -0.2) is 28.5 Å². The number of hydrogen-bond donors (Lipinski definition) is 1. The van der Waals surface area contributed by atoms with E-state index in [4.69, 9.17) is 16.3 Å². The summed E-state index contributed by atoms with van der Waals surface area (Å²) in [7, 11) is 1.53. The molecule has 0 amide bonds. The van der Waals surface area contributed by atoms with Gasteiger partial charge in [-0.3, -0.25) is 5.10 Å². The molecular formula is C14H15ClN4O. The Bertz CT molecular complexity index is 676. The topological polar surface area (TPSA) is 63.2 Å². The van der Waals surface area contributed by atoms with Crippen LogP contribution >= 0.6 is 11.6 Å². The fraction of sp³-hybridized carbons (Fsp3) is 0.214. The van der Waals surface area contributed by atoms with Gasteiger partial charge in [0.1, 0.15) is 5.02 Å². The Morgan fingerprint density at radius 2 is 2.30 bits per heavy atom. The molecule has 0 fully saturated rings. The molecule has 0 aliphatic rings. The van der Waals surface area contributed by atoms with Gasteiger partial charge < -0.3 is 4.74 Å². The van der Waals surface area contributed by atoms with Gasteiger partial charge in [0.15, 0.2) is 5.82 Å². The molecule has 2 heterocycles. The maximum Gasteiger partial charge on any atom is 0.232 e. The number of allylic oxidation sites excluding steroid dienone is 1. The Kier molecular flexibility index (Phi) is 4.20. The van der Waals surface area contributed by atoms with Gasteiger partial charge in [-0.1, -0.05) is 18.2 Å². The number of hydrogen-bond acceptors (Lipinski definition) is 4. The summed E-state index contributed by atoms with van der Waals surface area (Å²) in [6.07, 6.45) is 3.35. The zero-order valence-corrected chi connectivity index (χ0v) is 12.3. The first-order valence-electron chi connectivity index (χ1n) is 5.97. The van der Waals surface area contributed by atoms with Gasteiger partial charge in [-0.25, -0.2) is 9.98 Å². The second-order valence-electron chi connectivity index (χ2n) is 4.37. The molecule has 0 aliphatic carbocycles. The van der Waals surface area contributed by atoms with Gasteiger partial charge in [0.05, 0.1) is 12.8 Å². The lowest BCUT2D eigenvalue weighted by Gasteiger charge is -2.04. The van der Waals surface area contributed by atoms with E-state index < -0.39 is 0 Å². The van der Waals surface area contributed by atoms with E-state index in [1.165, 1.54) is 7.11 Å². The molecule has 0 saturated heterocycles. The second-order valence-corrected chi connectivity index (χ2v) is 4.77. The first kappa shape index (κ1) is 14.3. The van der Waals surface area contributed by atoms with Crippen molar-refractivity contribution in [3.05, 3.63) is 35.0 Å². The van der Waals surface area contributed by atoms with Crippen LogP contribution < -0.4 is 4.74 Å². The van der Waals surface area contributed by atoms with Gasteiger partial charge in [0.2, 0.25) is 5.88 Å². The third-order valence-corrected chi connectivity index (χ3v) is 2.95. The molecule has 0 aliphatic heterocycles. The van der Waals surface area contributed by atoms with E-state index in [2.05, 4.69) is 26.8 Å². The summed E-state index contributed by atoms with van der Waals surface area (Å²) in [5, 5.41) is 7.57. The van der Waals surface area contributed by atoms with Crippen molar-refractivity contribution in [1.29, 1.82) is 0 Å². The smallest absolute Gasteiger partial charge is 0.232 e. The Morgan fingerprint density at radius 1 is 1.55 bits per heavy atom. The Morgan fingerprint density at radius 3 is 2.90 bits per heavy atom. The van der Waals surface area contributed by atoms with Crippen LogP contribution in [0.5, 0.6) is 5.88 Å². The molecule has 0 bridgehead atoms. The largest absolute Gasteiger partial charge is 0.480 e. The van der Waals surface area contributed by atoms with E-state index in [1.54, 1.807) is 18.5 Å². The molecule has 2 rings (SSSR count). The number of H-pyrrole nitrogens is 1. The highest BCUT2D eigenvalue weighted by molar-refractivity contribution is 6.32. The lowest BCUT2D eigenvalue weighted by molar-refractivity contribution is 0.398. The average molecular weight is 291 g/mol. The number of aliphatic imine (C=N–C) groups is 1. The van der Waals surface area contributed by atoms with Crippen molar-refractivity contribution in [3.8, 4) is 17.1 Å². The Balaban J connectivity index is 2.39. The van der Waals surface area contributed by atoms with Crippen LogP contribution in [0.1, 0.15) is 12.5 Å². The third kappa shape index (κ3) is 2.88. The monoisotopic (exact) mass is 290 g/mol. The quantitative estimate of drug-likeness (QED) is 0.873. The van der Waals surface area contributed by atoms with Crippen molar-refractivity contribution in [1.82, 2.24) is 15.2 Å². The second kappa shape index (κ2) is 5.88. The normalized spacial score (nSPS) is 11.0. The van der Waals surface area contributed by atoms with Crippen LogP contribution in [0, 0.1) is 6.92 Å². The molecule has 104 valence electrons. The zero-order chi connectivity index (χ0) is 14.7. The maximum atomic E-state index is 6.08. The molecule has 5 nitrogen and oxygen atoms in total. The van der Waals surface area contributed by atoms with E-state index in [0.717, 1.165) is 22.4 Å². The van der Waals surface area contributed by atoms with Gasteiger partial charge >= 0.3 is 0 Å². The zero-order valence-electron chi connectivity index (χ0n) is 11.6. The van der Waals surface area contributed by atoms with E-state index >= 15 is 0 Å². The first-order valence-corrected chi connectivity index (χ1v) is 6.35. The molecule has 0 unspecified atom stereocenters. The fourth-order valence-corrected chi connectivity index (χ4v) is 1.92. The van der Waals surface area contributed by atoms with Gasteiger partial charge in [0.25, 0.3) is 0 Å². The summed E-state index contributed by atoms with van der Waals surface area (Å²) in [6, 6.07) is 1.78. The number of pyridine rings is 1. The van der Waals surface area contributed by atoms with E-state index in [0.29, 0.717) is 16.7 Å². The van der Waals surface area contributed by atoms with Gasteiger partial charge in [0, 0.05) is 23.5 Å². The highest BCUT2D eigenvalue weighted by Crippen LogP contribution is 2.31. The van der Waals surface area contributed by atoms with Crippen molar-refractivity contribution in [2.45, 2.75) is 13.8 Å². The van der Waals surface area contributed by atoms with Gasteiger partial charge in [-0.2, -0.15) is 5.10 Å². The number of nitrogens with zero attached hydrogens (tertiary/aromatic N) is 3. The van der Waals surface area contributed by atoms with E-state index in [-0.39, 0.29) is 0 Å². The summed E-state index contributed by atoms with van der Waals surface area (Å²) >= 11 is 6.08. The number of ether oxygens (including phenoxy) is 1. The summed E-state index contributed by atoms with van der Waals surface area (Å²) in [4.78, 5) is 8.41. The van der Waals surface area contributed by atoms with Crippen LogP contribution in [-0.2, 0) is 0 Å². The van der Waals surface area contributed by atoms with Crippen molar-refractivity contribution in [2.24, 2.45) is 4.99 Å². The molecule has 2 aromatic heterocycles. The van der Waals surface area contributed by atoms with Crippen molar-refractivity contribution in [3.63, 3.8) is 0 Å². The molecule has 20 heavy (non-hydrogen) atoms. The van der Waals surface area contributed by atoms with Crippen molar-refractivity contribution >= 4 is 23.6 Å². The summed E-state index contributed by atoms with van der Waals surface area (Å²) in [5.41, 5.74) is 3.45. The Hall–Kier alpha value is -2.14. The average Bonchev–Trinajstić information content (AvgIpc) is 2.77. The molecule has 0 aromatic carbocycles. The number of halogens is 1. The van der Waals surface area contributed by atoms with Gasteiger partial charge in [-0.15, -0.1) is 0 Å². The maximum absolute atomic E-state index is 6.08. The van der Waals surface area contributed by atoms with Crippen molar-refractivity contribution < 1.29 is 4.74 Å². The van der Waals surface area contributed by atoms with E-state index in [1.807, 2.05) is 13.8 Å². The molecule has 0 saturated carbocycles. The van der Waals surface area contributed by atoms with E-state index in [9.17, 15) is 0 Å². The standard InChI is InChI=1S/C14H15ClN4O/c1-8(2)6-16-13-9(3)12(18-19-13)10-5-11(15)14(20-4)17-7-10/h5-7H,1H2,2-4H3,(H,18,19). The molecular weight excluding hydrogens is 276 g/mol. The van der Waals surface area contributed by atoms with Crippen LogP contribution in [0.4, 0.5) is 5.82 Å². The molecule has 0 atom stereocenters. The molecule has 1 N–H and O–H groups in total. The number of aromatic amines is 1. The number of nitrogens with one attached hydrogen (secondary N) is 1. The molecule has 0 spiro atoms. The Labute approximate surface area is 122 Å². The summed E-state index contributed by atoms with van der Waals surface area (Å²) < 4.78 is 5.03. The lowest BCUT2D eigenvalue weighted by Crippen LogP contribution is -1.90. The summed E-state index contributed by atoms with van der Waals surface area (Å²) in [6.45, 7) is 7.57. The molecule has 6 heteroatoms. The van der Waals surface area contributed by atoms with Crippen molar-refractivity contribution in [2.75, 3.05) is 7.11 Å². The number of rotatable bonds is 4. The molecule has 0 radical (unpaired) electrons. The number of aromatic nitrogens is 3. The summed E-state index contributed by atoms with van der Waals surface area (Å²) in [5.74, 6) is 1.02. The molecule has 2 aromatic rings. The predicted octanol–water partition coefficient (Wildman–Crippen LogP) is 3.72. The van der Waals surface area contributed by atoms with Crippen LogP contribution in [0.25, 0.3) is 11.3 Å². The van der Waals surface area contributed by atoms with Crippen LogP contribution in [0.2, 0.25) is 5.02 Å².